The smallest absolute Gasteiger partial charge is 0.0737 e. The first-order chi connectivity index (χ1) is 14.2. The SMILES string of the molecule is CN(Cc1ccccc1)Cc1cccc(CNc2ccnc3cc(Cl)ccc23)c1.Cl. The summed E-state index contributed by atoms with van der Waals surface area (Å²) in [5.41, 5.74) is 5.87. The fourth-order valence-corrected chi connectivity index (χ4v) is 3.74. The molecule has 1 aromatic heterocycles. The first-order valence-corrected chi connectivity index (χ1v) is 10.1. The molecule has 30 heavy (non-hydrogen) atoms. The molecule has 1 N–H and O–H groups in total. The summed E-state index contributed by atoms with van der Waals surface area (Å²) in [5, 5.41) is 5.33. The van der Waals surface area contributed by atoms with E-state index in [1.807, 2.05) is 30.5 Å². The van der Waals surface area contributed by atoms with Crippen molar-refractivity contribution >= 4 is 40.6 Å². The topological polar surface area (TPSA) is 28.2 Å². The van der Waals surface area contributed by atoms with E-state index < -0.39 is 0 Å². The maximum Gasteiger partial charge on any atom is 0.0737 e. The highest BCUT2D eigenvalue weighted by Gasteiger charge is 2.05. The van der Waals surface area contributed by atoms with E-state index in [-0.39, 0.29) is 12.4 Å². The van der Waals surface area contributed by atoms with Crippen LogP contribution in [0.1, 0.15) is 16.7 Å². The number of fused-ring (bicyclic) bond motifs is 1. The molecular formula is C25H25Cl2N3. The minimum Gasteiger partial charge on any atom is -0.380 e. The summed E-state index contributed by atoms with van der Waals surface area (Å²) in [5.74, 6) is 0. The van der Waals surface area contributed by atoms with Gasteiger partial charge >= 0.3 is 0 Å². The molecule has 0 aliphatic rings. The van der Waals surface area contributed by atoms with Crippen LogP contribution < -0.4 is 5.32 Å². The summed E-state index contributed by atoms with van der Waals surface area (Å²) in [6.07, 6.45) is 1.82. The number of nitrogens with one attached hydrogen (secondary N) is 1. The van der Waals surface area contributed by atoms with Gasteiger partial charge in [-0.2, -0.15) is 0 Å². The first-order valence-electron chi connectivity index (χ1n) is 9.76. The number of pyridine rings is 1. The summed E-state index contributed by atoms with van der Waals surface area (Å²) < 4.78 is 0. The van der Waals surface area contributed by atoms with Crippen LogP contribution in [-0.2, 0) is 19.6 Å². The molecule has 1 heterocycles. The van der Waals surface area contributed by atoms with E-state index in [2.05, 4.69) is 76.8 Å². The van der Waals surface area contributed by atoms with Gasteiger partial charge in [0.15, 0.2) is 0 Å². The third kappa shape index (κ3) is 5.73. The minimum absolute atomic E-state index is 0. The third-order valence-corrected chi connectivity index (χ3v) is 5.16. The Hall–Kier alpha value is -2.59. The Kier molecular flexibility index (Phi) is 7.69. The van der Waals surface area contributed by atoms with Gasteiger partial charge in [0.25, 0.3) is 0 Å². The zero-order chi connectivity index (χ0) is 20.1. The van der Waals surface area contributed by atoms with Gasteiger partial charge in [-0.1, -0.05) is 66.2 Å². The zero-order valence-corrected chi connectivity index (χ0v) is 18.5. The molecule has 0 bridgehead atoms. The van der Waals surface area contributed by atoms with Crippen LogP contribution in [0.15, 0.2) is 85.1 Å². The van der Waals surface area contributed by atoms with Crippen molar-refractivity contribution in [3.63, 3.8) is 0 Å². The molecule has 0 amide bonds. The number of halogens is 2. The molecule has 0 unspecified atom stereocenters. The third-order valence-electron chi connectivity index (χ3n) is 4.93. The van der Waals surface area contributed by atoms with Gasteiger partial charge in [0.1, 0.15) is 0 Å². The maximum absolute atomic E-state index is 6.09. The second-order valence-electron chi connectivity index (χ2n) is 7.35. The predicted octanol–water partition coefficient (Wildman–Crippen LogP) is 6.55. The Morgan fingerprint density at radius 2 is 1.57 bits per heavy atom. The fraction of sp³-hybridized carbons (Fsp3) is 0.160. The van der Waals surface area contributed by atoms with Gasteiger partial charge in [-0.05, 0) is 48.0 Å². The molecule has 4 aromatic rings. The van der Waals surface area contributed by atoms with E-state index in [1.165, 1.54) is 16.7 Å². The normalized spacial score (nSPS) is 10.8. The number of anilines is 1. The van der Waals surface area contributed by atoms with Crippen molar-refractivity contribution in [2.24, 2.45) is 0 Å². The average molecular weight is 438 g/mol. The molecule has 0 fully saturated rings. The van der Waals surface area contributed by atoms with Gasteiger partial charge in [0, 0.05) is 41.9 Å². The molecule has 0 saturated heterocycles. The second-order valence-corrected chi connectivity index (χ2v) is 7.79. The molecular weight excluding hydrogens is 413 g/mol. The summed E-state index contributed by atoms with van der Waals surface area (Å²) in [6, 6.07) is 27.1. The van der Waals surface area contributed by atoms with Crippen LogP contribution in [0, 0.1) is 0 Å². The molecule has 4 rings (SSSR count). The van der Waals surface area contributed by atoms with Crippen molar-refractivity contribution in [2.75, 3.05) is 12.4 Å². The molecule has 0 aliphatic carbocycles. The largest absolute Gasteiger partial charge is 0.380 e. The quantitative estimate of drug-likeness (QED) is 0.355. The molecule has 0 aliphatic heterocycles. The highest BCUT2D eigenvalue weighted by Crippen LogP contribution is 2.25. The van der Waals surface area contributed by atoms with Crippen molar-refractivity contribution in [1.29, 1.82) is 0 Å². The van der Waals surface area contributed by atoms with Gasteiger partial charge in [-0.25, -0.2) is 0 Å². The highest BCUT2D eigenvalue weighted by molar-refractivity contribution is 6.31. The van der Waals surface area contributed by atoms with E-state index in [0.717, 1.165) is 36.2 Å². The van der Waals surface area contributed by atoms with E-state index in [4.69, 9.17) is 11.6 Å². The Balaban J connectivity index is 0.00000256. The molecule has 3 aromatic carbocycles. The molecule has 0 spiro atoms. The Morgan fingerprint density at radius 3 is 2.40 bits per heavy atom. The zero-order valence-electron chi connectivity index (χ0n) is 16.9. The van der Waals surface area contributed by atoms with Crippen LogP contribution >= 0.6 is 24.0 Å². The van der Waals surface area contributed by atoms with Crippen LogP contribution in [0.2, 0.25) is 5.02 Å². The molecule has 0 radical (unpaired) electrons. The lowest BCUT2D eigenvalue weighted by atomic mass is 10.1. The second kappa shape index (κ2) is 10.4. The lowest BCUT2D eigenvalue weighted by Gasteiger charge is -2.17. The van der Waals surface area contributed by atoms with Gasteiger partial charge < -0.3 is 5.32 Å². The van der Waals surface area contributed by atoms with E-state index in [9.17, 15) is 0 Å². The van der Waals surface area contributed by atoms with Crippen LogP contribution in [0.3, 0.4) is 0 Å². The van der Waals surface area contributed by atoms with Gasteiger partial charge in [-0.15, -0.1) is 12.4 Å². The Bertz CT molecular complexity index is 1100. The monoisotopic (exact) mass is 437 g/mol. The number of benzene rings is 3. The van der Waals surface area contributed by atoms with Crippen LogP contribution in [0.5, 0.6) is 0 Å². The number of hydrogen-bond acceptors (Lipinski definition) is 3. The number of rotatable bonds is 7. The van der Waals surface area contributed by atoms with E-state index >= 15 is 0 Å². The Labute approximate surface area is 189 Å². The van der Waals surface area contributed by atoms with E-state index in [0.29, 0.717) is 5.02 Å². The average Bonchev–Trinajstić information content (AvgIpc) is 2.73. The standard InChI is InChI=1S/C25H24ClN3.ClH/c1-29(17-19-6-3-2-4-7-19)18-21-9-5-8-20(14-21)16-28-24-12-13-27-25-15-22(26)10-11-23(24)25;/h2-15H,16-18H2,1H3,(H,27,28);1H. The van der Waals surface area contributed by atoms with Gasteiger partial charge in [0.2, 0.25) is 0 Å². The summed E-state index contributed by atoms with van der Waals surface area (Å²) in [4.78, 5) is 6.74. The lowest BCUT2D eigenvalue weighted by Crippen LogP contribution is -2.17. The fourth-order valence-electron chi connectivity index (χ4n) is 3.57. The Morgan fingerprint density at radius 1 is 0.833 bits per heavy atom. The number of nitrogens with zero attached hydrogens (tertiary/aromatic N) is 2. The molecule has 154 valence electrons. The maximum atomic E-state index is 6.09. The summed E-state index contributed by atoms with van der Waals surface area (Å²) in [6.45, 7) is 2.62. The first kappa shape index (κ1) is 22.1. The van der Waals surface area contributed by atoms with Crippen molar-refractivity contribution in [3.05, 3.63) is 107 Å². The minimum atomic E-state index is 0. The van der Waals surface area contributed by atoms with Crippen molar-refractivity contribution in [3.8, 4) is 0 Å². The lowest BCUT2D eigenvalue weighted by molar-refractivity contribution is 0.319. The van der Waals surface area contributed by atoms with Crippen molar-refractivity contribution < 1.29 is 0 Å². The van der Waals surface area contributed by atoms with Crippen molar-refractivity contribution in [1.82, 2.24) is 9.88 Å². The molecule has 5 heteroatoms. The molecule has 0 atom stereocenters. The number of aromatic nitrogens is 1. The van der Waals surface area contributed by atoms with Gasteiger partial charge in [0.05, 0.1) is 5.52 Å². The van der Waals surface area contributed by atoms with Gasteiger partial charge in [-0.3, -0.25) is 9.88 Å². The van der Waals surface area contributed by atoms with Crippen molar-refractivity contribution in [2.45, 2.75) is 19.6 Å². The summed E-state index contributed by atoms with van der Waals surface area (Å²) in [7, 11) is 2.16. The molecule has 3 nitrogen and oxygen atoms in total. The van der Waals surface area contributed by atoms with E-state index in [1.54, 1.807) is 0 Å². The predicted molar refractivity (Wildman–Crippen MR) is 129 cm³/mol. The number of hydrogen-bond donors (Lipinski definition) is 1. The summed E-state index contributed by atoms with van der Waals surface area (Å²) >= 11 is 6.09. The molecule has 0 saturated carbocycles. The van der Waals surface area contributed by atoms with Crippen LogP contribution in [-0.4, -0.2) is 16.9 Å². The highest BCUT2D eigenvalue weighted by atomic mass is 35.5. The van der Waals surface area contributed by atoms with Crippen LogP contribution in [0.4, 0.5) is 5.69 Å². The van der Waals surface area contributed by atoms with Crippen LogP contribution in [0.25, 0.3) is 10.9 Å².